The van der Waals surface area contributed by atoms with Crippen molar-refractivity contribution in [1.82, 2.24) is 9.97 Å². The molecule has 0 spiro atoms. The number of carbonyl (C=O) groups excluding carboxylic acids is 2. The van der Waals surface area contributed by atoms with Crippen molar-refractivity contribution >= 4 is 17.5 Å². The van der Waals surface area contributed by atoms with Crippen LogP contribution in [0.15, 0.2) is 60.7 Å². The first-order valence-electron chi connectivity index (χ1n) is 8.33. The first-order chi connectivity index (χ1) is 12.5. The van der Waals surface area contributed by atoms with E-state index in [0.29, 0.717) is 17.1 Å². The van der Waals surface area contributed by atoms with Crippen LogP contribution in [-0.2, 0) is 11.2 Å². The molecule has 0 bridgehead atoms. The van der Waals surface area contributed by atoms with Gasteiger partial charge in [0, 0.05) is 5.56 Å². The first kappa shape index (κ1) is 17.5. The van der Waals surface area contributed by atoms with Gasteiger partial charge >= 0.3 is 0 Å². The Morgan fingerprint density at radius 3 is 2.15 bits per heavy atom. The van der Waals surface area contributed by atoms with Crippen LogP contribution in [0.3, 0.4) is 0 Å². The molecule has 1 N–H and O–H groups in total. The summed E-state index contributed by atoms with van der Waals surface area (Å²) in [5.41, 5.74) is 2.55. The molecule has 26 heavy (non-hydrogen) atoms. The van der Waals surface area contributed by atoms with Gasteiger partial charge in [-0.25, -0.2) is 9.97 Å². The Kier molecular flexibility index (Phi) is 5.17. The van der Waals surface area contributed by atoms with E-state index in [-0.39, 0.29) is 23.9 Å². The number of anilines is 1. The van der Waals surface area contributed by atoms with Crippen molar-refractivity contribution in [3.05, 3.63) is 77.6 Å². The van der Waals surface area contributed by atoms with Crippen molar-refractivity contribution in [2.45, 2.75) is 20.3 Å². The van der Waals surface area contributed by atoms with Gasteiger partial charge in [0.15, 0.2) is 5.78 Å². The summed E-state index contributed by atoms with van der Waals surface area (Å²) in [4.78, 5) is 33.4. The van der Waals surface area contributed by atoms with Crippen LogP contribution in [0.2, 0.25) is 0 Å². The molecule has 0 aliphatic carbocycles. The molecule has 1 amide bonds. The Labute approximate surface area is 152 Å². The molecule has 3 aromatic rings. The molecular weight excluding hydrogens is 326 g/mol. The number of benzene rings is 2. The third-order valence-electron chi connectivity index (χ3n) is 3.89. The fourth-order valence-electron chi connectivity index (χ4n) is 2.76. The summed E-state index contributed by atoms with van der Waals surface area (Å²) < 4.78 is 0. The second kappa shape index (κ2) is 7.70. The van der Waals surface area contributed by atoms with Gasteiger partial charge in [-0.15, -0.1) is 0 Å². The molecule has 0 saturated heterocycles. The highest BCUT2D eigenvalue weighted by molar-refractivity contribution is 6.07. The number of aryl methyl sites for hydroxylation is 1. The summed E-state index contributed by atoms with van der Waals surface area (Å²) in [5, 5.41) is 2.78. The predicted octanol–water partition coefficient (Wildman–Crippen LogP) is 3.84. The highest BCUT2D eigenvalue weighted by Crippen LogP contribution is 2.27. The van der Waals surface area contributed by atoms with Crippen LogP contribution in [0.5, 0.6) is 0 Å². The number of rotatable bonds is 5. The highest BCUT2D eigenvalue weighted by Gasteiger charge is 2.20. The average molecular weight is 345 g/mol. The zero-order valence-corrected chi connectivity index (χ0v) is 14.7. The van der Waals surface area contributed by atoms with Gasteiger partial charge in [-0.3, -0.25) is 9.59 Å². The Bertz CT molecular complexity index is 938. The zero-order chi connectivity index (χ0) is 18.5. The van der Waals surface area contributed by atoms with Crippen LogP contribution < -0.4 is 5.32 Å². The van der Waals surface area contributed by atoms with Crippen molar-refractivity contribution in [1.29, 1.82) is 0 Å². The van der Waals surface area contributed by atoms with Gasteiger partial charge < -0.3 is 5.32 Å². The molecule has 0 fully saturated rings. The third-order valence-corrected chi connectivity index (χ3v) is 3.89. The minimum Gasteiger partial charge on any atom is -0.310 e. The lowest BCUT2D eigenvalue weighted by Gasteiger charge is -2.13. The molecule has 0 unspecified atom stereocenters. The maximum Gasteiger partial charge on any atom is 0.229 e. The molecule has 5 heteroatoms. The Hall–Kier alpha value is -3.34. The predicted molar refractivity (Wildman–Crippen MR) is 101 cm³/mol. The molecule has 1 heterocycles. The van der Waals surface area contributed by atoms with Crippen LogP contribution in [-0.4, -0.2) is 21.7 Å². The van der Waals surface area contributed by atoms with Crippen LogP contribution in [0, 0.1) is 6.92 Å². The van der Waals surface area contributed by atoms with E-state index in [1.54, 1.807) is 6.92 Å². The van der Waals surface area contributed by atoms with Gasteiger partial charge in [0.2, 0.25) is 5.91 Å². The lowest BCUT2D eigenvalue weighted by Crippen LogP contribution is -2.19. The minimum absolute atomic E-state index is 0.195. The van der Waals surface area contributed by atoms with Crippen molar-refractivity contribution in [3.63, 3.8) is 0 Å². The van der Waals surface area contributed by atoms with E-state index in [1.807, 2.05) is 60.7 Å². The third kappa shape index (κ3) is 4.00. The van der Waals surface area contributed by atoms with Crippen LogP contribution in [0.1, 0.15) is 28.7 Å². The van der Waals surface area contributed by atoms with E-state index in [4.69, 9.17) is 0 Å². The number of hydrogen-bond acceptors (Lipinski definition) is 4. The Balaban J connectivity index is 1.97. The largest absolute Gasteiger partial charge is 0.310 e. The number of aromatic nitrogens is 2. The molecule has 130 valence electrons. The second-order valence-electron chi connectivity index (χ2n) is 5.98. The van der Waals surface area contributed by atoms with Crippen molar-refractivity contribution < 1.29 is 9.59 Å². The van der Waals surface area contributed by atoms with Gasteiger partial charge in [0.25, 0.3) is 0 Å². The molecule has 5 nitrogen and oxygen atoms in total. The standard InChI is InChI=1S/C21H19N3O2/c1-14(25)19-20(17-11-7-4-8-12-17)22-15(2)23-21(19)24-18(26)13-16-9-5-3-6-10-16/h3-12H,13H2,1-2H3,(H,22,23,24,26). The van der Waals surface area contributed by atoms with Crippen molar-refractivity contribution in [2.24, 2.45) is 0 Å². The van der Waals surface area contributed by atoms with Crippen LogP contribution in [0.25, 0.3) is 11.3 Å². The topological polar surface area (TPSA) is 72.0 Å². The highest BCUT2D eigenvalue weighted by atomic mass is 16.1. The maximum absolute atomic E-state index is 12.4. The lowest BCUT2D eigenvalue weighted by atomic mass is 10.0. The van der Waals surface area contributed by atoms with E-state index in [0.717, 1.165) is 11.1 Å². The lowest BCUT2D eigenvalue weighted by molar-refractivity contribution is -0.115. The van der Waals surface area contributed by atoms with Crippen molar-refractivity contribution in [2.75, 3.05) is 5.32 Å². The van der Waals surface area contributed by atoms with Crippen molar-refractivity contribution in [3.8, 4) is 11.3 Å². The summed E-state index contributed by atoms with van der Waals surface area (Å²) in [6.07, 6.45) is 0.210. The number of nitrogens with one attached hydrogen (secondary N) is 1. The molecule has 0 aliphatic heterocycles. The molecule has 0 atom stereocenters. The number of amides is 1. The normalized spacial score (nSPS) is 10.4. The quantitative estimate of drug-likeness (QED) is 0.713. The summed E-state index contributed by atoms with van der Waals surface area (Å²) in [5.74, 6) is 0.323. The van der Waals surface area contributed by atoms with E-state index in [9.17, 15) is 9.59 Å². The molecular formula is C21H19N3O2. The van der Waals surface area contributed by atoms with Gasteiger partial charge in [-0.1, -0.05) is 60.7 Å². The molecule has 1 aromatic heterocycles. The van der Waals surface area contributed by atoms with E-state index < -0.39 is 0 Å². The monoisotopic (exact) mass is 345 g/mol. The first-order valence-corrected chi connectivity index (χ1v) is 8.33. The number of nitrogens with zero attached hydrogens (tertiary/aromatic N) is 2. The summed E-state index contributed by atoms with van der Waals surface area (Å²) in [7, 11) is 0. The Morgan fingerprint density at radius 2 is 1.54 bits per heavy atom. The average Bonchev–Trinajstić information content (AvgIpc) is 2.62. The van der Waals surface area contributed by atoms with E-state index >= 15 is 0 Å². The number of ketones is 1. The van der Waals surface area contributed by atoms with E-state index in [1.165, 1.54) is 6.92 Å². The fraction of sp³-hybridized carbons (Fsp3) is 0.143. The molecule has 0 aliphatic rings. The van der Waals surface area contributed by atoms with Crippen LogP contribution >= 0.6 is 0 Å². The maximum atomic E-state index is 12.4. The SMILES string of the molecule is CC(=O)c1c(NC(=O)Cc2ccccc2)nc(C)nc1-c1ccccc1. The smallest absolute Gasteiger partial charge is 0.229 e. The number of Topliss-reactive ketones (excluding diaryl/α,β-unsaturated/α-hetero) is 1. The van der Waals surface area contributed by atoms with E-state index in [2.05, 4.69) is 15.3 Å². The fourth-order valence-corrected chi connectivity index (χ4v) is 2.76. The van der Waals surface area contributed by atoms with Gasteiger partial charge in [-0.05, 0) is 19.4 Å². The van der Waals surface area contributed by atoms with Gasteiger partial charge in [-0.2, -0.15) is 0 Å². The summed E-state index contributed by atoms with van der Waals surface area (Å²) in [6, 6.07) is 18.8. The summed E-state index contributed by atoms with van der Waals surface area (Å²) >= 11 is 0. The molecule has 3 rings (SSSR count). The second-order valence-corrected chi connectivity index (χ2v) is 5.98. The number of carbonyl (C=O) groups is 2. The molecule has 2 aromatic carbocycles. The molecule has 0 radical (unpaired) electrons. The van der Waals surface area contributed by atoms with Crippen LogP contribution in [0.4, 0.5) is 5.82 Å². The molecule has 0 saturated carbocycles. The zero-order valence-electron chi connectivity index (χ0n) is 14.7. The Morgan fingerprint density at radius 1 is 0.923 bits per heavy atom. The minimum atomic E-state index is -0.226. The summed E-state index contributed by atoms with van der Waals surface area (Å²) in [6.45, 7) is 3.19. The number of hydrogen-bond donors (Lipinski definition) is 1. The van der Waals surface area contributed by atoms with Gasteiger partial charge in [0.05, 0.1) is 17.7 Å². The van der Waals surface area contributed by atoms with Gasteiger partial charge in [0.1, 0.15) is 11.6 Å².